The lowest BCUT2D eigenvalue weighted by Crippen LogP contribution is -2.44. The number of methoxy groups -OCH3 is 1. The van der Waals surface area contributed by atoms with Gasteiger partial charge in [0.2, 0.25) is 0 Å². The molecule has 1 N–H and O–H groups in total. The molecule has 0 radical (unpaired) electrons. The van der Waals surface area contributed by atoms with Gasteiger partial charge in [0.15, 0.2) is 0 Å². The van der Waals surface area contributed by atoms with Crippen molar-refractivity contribution in [2.75, 3.05) is 64.6 Å². The SMILES string of the molecule is COc1ccc(NC(=O)c2ccc(-c3ccc(C(=O)N(C)C)cc3)c(C)c2)cc1N1CCN(C)CC1. The largest absolute Gasteiger partial charge is 0.495 e. The van der Waals surface area contributed by atoms with Crippen molar-refractivity contribution < 1.29 is 14.3 Å². The van der Waals surface area contributed by atoms with E-state index in [-0.39, 0.29) is 11.8 Å². The van der Waals surface area contributed by atoms with E-state index in [2.05, 4.69) is 22.2 Å². The molecule has 0 spiro atoms. The van der Waals surface area contributed by atoms with Gasteiger partial charge in [-0.25, -0.2) is 0 Å². The van der Waals surface area contributed by atoms with Crippen molar-refractivity contribution in [2.24, 2.45) is 0 Å². The average molecular weight is 487 g/mol. The standard InChI is InChI=1S/C29H34N4O3/c1-20-18-23(10-12-25(20)21-6-8-22(9-7-21)29(35)31(2)3)28(34)30-24-11-13-27(36-5)26(19-24)33-16-14-32(4)15-17-33/h6-13,18-19H,14-17H2,1-5H3,(H,30,34). The van der Waals surface area contributed by atoms with Crippen LogP contribution in [0.2, 0.25) is 0 Å². The van der Waals surface area contributed by atoms with Gasteiger partial charge in [0.1, 0.15) is 5.75 Å². The Morgan fingerprint density at radius 1 is 0.889 bits per heavy atom. The molecule has 1 aliphatic rings. The fourth-order valence-electron chi connectivity index (χ4n) is 4.44. The molecule has 0 bridgehead atoms. The van der Waals surface area contributed by atoms with E-state index in [9.17, 15) is 9.59 Å². The van der Waals surface area contributed by atoms with Crippen LogP contribution in [0.1, 0.15) is 26.3 Å². The molecule has 0 aliphatic carbocycles. The Morgan fingerprint density at radius 2 is 1.56 bits per heavy atom. The van der Waals surface area contributed by atoms with Gasteiger partial charge in [0.25, 0.3) is 11.8 Å². The van der Waals surface area contributed by atoms with Gasteiger partial charge in [-0.2, -0.15) is 0 Å². The molecule has 3 aromatic rings. The van der Waals surface area contributed by atoms with Crippen molar-refractivity contribution in [2.45, 2.75) is 6.92 Å². The Balaban J connectivity index is 1.50. The van der Waals surface area contributed by atoms with Crippen LogP contribution < -0.4 is 15.0 Å². The summed E-state index contributed by atoms with van der Waals surface area (Å²) in [6.07, 6.45) is 0. The summed E-state index contributed by atoms with van der Waals surface area (Å²) in [4.78, 5) is 31.4. The number of amides is 2. The van der Waals surface area contributed by atoms with Crippen molar-refractivity contribution in [3.63, 3.8) is 0 Å². The Morgan fingerprint density at radius 3 is 2.17 bits per heavy atom. The molecule has 36 heavy (non-hydrogen) atoms. The molecule has 0 saturated carbocycles. The number of ether oxygens (including phenoxy) is 1. The summed E-state index contributed by atoms with van der Waals surface area (Å²) >= 11 is 0. The molecule has 1 aliphatic heterocycles. The van der Waals surface area contributed by atoms with Crippen LogP contribution in [0.5, 0.6) is 5.75 Å². The number of hydrogen-bond donors (Lipinski definition) is 1. The summed E-state index contributed by atoms with van der Waals surface area (Å²) in [5, 5.41) is 3.04. The number of piperazine rings is 1. The fraction of sp³-hybridized carbons (Fsp3) is 0.310. The molecule has 1 fully saturated rings. The van der Waals surface area contributed by atoms with E-state index >= 15 is 0 Å². The Hall–Kier alpha value is -3.84. The summed E-state index contributed by atoms with van der Waals surface area (Å²) in [5.74, 6) is 0.613. The zero-order valence-corrected chi connectivity index (χ0v) is 21.7. The lowest BCUT2D eigenvalue weighted by molar-refractivity contribution is 0.0827. The normalized spacial score (nSPS) is 13.9. The lowest BCUT2D eigenvalue weighted by atomic mass is 9.97. The van der Waals surface area contributed by atoms with E-state index in [4.69, 9.17) is 4.74 Å². The van der Waals surface area contributed by atoms with Crippen LogP contribution in [0.3, 0.4) is 0 Å². The quantitative estimate of drug-likeness (QED) is 0.560. The summed E-state index contributed by atoms with van der Waals surface area (Å²) < 4.78 is 5.58. The fourth-order valence-corrected chi connectivity index (χ4v) is 4.44. The highest BCUT2D eigenvalue weighted by Gasteiger charge is 2.19. The zero-order chi connectivity index (χ0) is 25.8. The number of anilines is 2. The molecular formula is C29H34N4O3. The average Bonchev–Trinajstić information content (AvgIpc) is 2.88. The van der Waals surface area contributed by atoms with E-state index in [0.29, 0.717) is 11.1 Å². The molecule has 1 saturated heterocycles. The molecule has 7 nitrogen and oxygen atoms in total. The van der Waals surface area contributed by atoms with Gasteiger partial charge in [-0.15, -0.1) is 0 Å². The first kappa shape index (κ1) is 25.3. The van der Waals surface area contributed by atoms with E-state index in [1.54, 1.807) is 26.1 Å². The maximum absolute atomic E-state index is 13.1. The van der Waals surface area contributed by atoms with Gasteiger partial charge in [0, 0.05) is 57.1 Å². The topological polar surface area (TPSA) is 65.1 Å². The number of aryl methyl sites for hydroxylation is 1. The maximum atomic E-state index is 13.1. The van der Waals surface area contributed by atoms with Crippen molar-refractivity contribution in [1.82, 2.24) is 9.80 Å². The van der Waals surface area contributed by atoms with E-state index in [0.717, 1.165) is 60.0 Å². The van der Waals surface area contributed by atoms with Crippen LogP contribution in [0.15, 0.2) is 60.7 Å². The molecule has 3 aromatic carbocycles. The highest BCUT2D eigenvalue weighted by atomic mass is 16.5. The smallest absolute Gasteiger partial charge is 0.255 e. The Bertz CT molecular complexity index is 1250. The van der Waals surface area contributed by atoms with Crippen molar-refractivity contribution >= 4 is 23.2 Å². The first-order valence-corrected chi connectivity index (χ1v) is 12.1. The number of hydrogen-bond acceptors (Lipinski definition) is 5. The number of carbonyl (C=O) groups is 2. The number of carbonyl (C=O) groups excluding carboxylic acids is 2. The Labute approximate surface area is 213 Å². The predicted octanol–water partition coefficient (Wildman–Crippen LogP) is 4.38. The number of benzene rings is 3. The van der Waals surface area contributed by atoms with E-state index < -0.39 is 0 Å². The molecule has 1 heterocycles. The summed E-state index contributed by atoms with van der Waals surface area (Å²) in [6, 6.07) is 19.0. The number of rotatable bonds is 6. The molecule has 0 aromatic heterocycles. The van der Waals surface area contributed by atoms with Gasteiger partial charge in [-0.1, -0.05) is 18.2 Å². The summed E-state index contributed by atoms with van der Waals surface area (Å²) in [7, 11) is 7.28. The first-order chi connectivity index (χ1) is 17.3. The van der Waals surface area contributed by atoms with E-state index in [1.807, 2.05) is 67.6 Å². The third-order valence-corrected chi connectivity index (χ3v) is 6.62. The minimum atomic E-state index is -0.161. The number of nitrogens with zero attached hydrogens (tertiary/aromatic N) is 3. The molecule has 0 atom stereocenters. The van der Waals surface area contributed by atoms with Crippen LogP contribution in [0.4, 0.5) is 11.4 Å². The van der Waals surface area contributed by atoms with Crippen LogP contribution in [0, 0.1) is 6.92 Å². The molecule has 2 amide bonds. The maximum Gasteiger partial charge on any atom is 0.255 e. The second kappa shape index (κ2) is 10.8. The lowest BCUT2D eigenvalue weighted by Gasteiger charge is -2.35. The minimum Gasteiger partial charge on any atom is -0.495 e. The van der Waals surface area contributed by atoms with Gasteiger partial charge >= 0.3 is 0 Å². The second-order valence-electron chi connectivity index (χ2n) is 9.44. The molecule has 4 rings (SSSR count). The van der Waals surface area contributed by atoms with Crippen LogP contribution in [-0.2, 0) is 0 Å². The highest BCUT2D eigenvalue weighted by molar-refractivity contribution is 6.05. The Kier molecular flexibility index (Phi) is 7.60. The number of nitrogens with one attached hydrogen (secondary N) is 1. The third-order valence-electron chi connectivity index (χ3n) is 6.62. The number of likely N-dealkylation sites (N-methyl/N-ethyl adjacent to an activating group) is 1. The molecular weight excluding hydrogens is 452 g/mol. The second-order valence-corrected chi connectivity index (χ2v) is 9.44. The molecule has 0 unspecified atom stereocenters. The van der Waals surface area contributed by atoms with Gasteiger partial charge in [0.05, 0.1) is 12.8 Å². The minimum absolute atomic E-state index is 0.0281. The van der Waals surface area contributed by atoms with Crippen molar-refractivity contribution in [3.8, 4) is 16.9 Å². The van der Waals surface area contributed by atoms with Crippen molar-refractivity contribution in [1.29, 1.82) is 0 Å². The van der Waals surface area contributed by atoms with Crippen LogP contribution >= 0.6 is 0 Å². The van der Waals surface area contributed by atoms with Crippen LogP contribution in [-0.4, -0.2) is 76.0 Å². The van der Waals surface area contributed by atoms with Gasteiger partial charge in [-0.05, 0) is 73.1 Å². The third kappa shape index (κ3) is 5.52. The highest BCUT2D eigenvalue weighted by Crippen LogP contribution is 2.32. The summed E-state index contributed by atoms with van der Waals surface area (Å²) in [5.41, 5.74) is 5.98. The summed E-state index contributed by atoms with van der Waals surface area (Å²) in [6.45, 7) is 5.79. The predicted molar refractivity (Wildman–Crippen MR) is 145 cm³/mol. The van der Waals surface area contributed by atoms with E-state index in [1.165, 1.54) is 0 Å². The zero-order valence-electron chi connectivity index (χ0n) is 21.7. The van der Waals surface area contributed by atoms with Gasteiger partial charge < -0.3 is 24.8 Å². The van der Waals surface area contributed by atoms with Crippen LogP contribution in [0.25, 0.3) is 11.1 Å². The monoisotopic (exact) mass is 486 g/mol. The van der Waals surface area contributed by atoms with Gasteiger partial charge in [-0.3, -0.25) is 9.59 Å². The van der Waals surface area contributed by atoms with Crippen molar-refractivity contribution in [3.05, 3.63) is 77.4 Å². The first-order valence-electron chi connectivity index (χ1n) is 12.1. The molecule has 188 valence electrons. The molecule has 7 heteroatoms.